The van der Waals surface area contributed by atoms with Crippen LogP contribution in [-0.2, 0) is 0 Å². The van der Waals surface area contributed by atoms with Crippen molar-refractivity contribution in [3.8, 4) is 17.0 Å². The van der Waals surface area contributed by atoms with E-state index in [1.54, 1.807) is 18.2 Å². The number of aromatic hydroxyl groups is 1. The lowest BCUT2D eigenvalue weighted by atomic mass is 10.1. The van der Waals surface area contributed by atoms with Crippen LogP contribution in [-0.4, -0.2) is 15.1 Å². The van der Waals surface area contributed by atoms with E-state index in [0.29, 0.717) is 22.2 Å². The SMILES string of the molecule is Nc1ncc(-c2c(O)cccc2Cl)[nH]1. The number of phenolic OH excluding ortho intramolecular Hbond substituents is 1. The van der Waals surface area contributed by atoms with E-state index >= 15 is 0 Å². The van der Waals surface area contributed by atoms with Gasteiger partial charge in [0, 0.05) is 0 Å². The molecule has 4 nitrogen and oxygen atoms in total. The molecule has 1 heterocycles. The molecule has 2 aromatic rings. The zero-order valence-corrected chi connectivity index (χ0v) is 7.92. The van der Waals surface area contributed by atoms with Crippen LogP contribution in [0.2, 0.25) is 5.02 Å². The molecule has 0 saturated carbocycles. The average Bonchev–Trinajstić information content (AvgIpc) is 2.51. The van der Waals surface area contributed by atoms with Crippen molar-refractivity contribution in [2.75, 3.05) is 5.73 Å². The molecular weight excluding hydrogens is 202 g/mol. The van der Waals surface area contributed by atoms with Gasteiger partial charge in [0.1, 0.15) is 5.75 Å². The summed E-state index contributed by atoms with van der Waals surface area (Å²) in [5, 5.41) is 10.0. The number of phenols is 1. The normalized spacial score (nSPS) is 10.4. The molecule has 0 aliphatic rings. The zero-order chi connectivity index (χ0) is 10.1. The predicted molar refractivity (Wildman–Crippen MR) is 55.1 cm³/mol. The van der Waals surface area contributed by atoms with Gasteiger partial charge in [-0.25, -0.2) is 4.98 Å². The molecule has 0 amide bonds. The Hall–Kier alpha value is -1.68. The van der Waals surface area contributed by atoms with Crippen molar-refractivity contribution in [1.82, 2.24) is 9.97 Å². The Morgan fingerprint density at radius 2 is 2.21 bits per heavy atom. The Bertz CT molecular complexity index is 447. The number of hydrogen-bond acceptors (Lipinski definition) is 3. The van der Waals surface area contributed by atoms with Crippen LogP contribution in [0.3, 0.4) is 0 Å². The molecule has 0 aliphatic heterocycles. The minimum absolute atomic E-state index is 0.0983. The van der Waals surface area contributed by atoms with Crippen molar-refractivity contribution >= 4 is 17.5 Å². The maximum absolute atomic E-state index is 9.58. The van der Waals surface area contributed by atoms with Crippen LogP contribution in [0, 0.1) is 0 Å². The Kier molecular flexibility index (Phi) is 2.05. The van der Waals surface area contributed by atoms with Crippen molar-refractivity contribution < 1.29 is 5.11 Å². The number of benzene rings is 1. The topological polar surface area (TPSA) is 74.9 Å². The number of rotatable bonds is 1. The summed E-state index contributed by atoms with van der Waals surface area (Å²) in [6.07, 6.45) is 1.52. The first kappa shape index (κ1) is 8.90. The van der Waals surface area contributed by atoms with Gasteiger partial charge >= 0.3 is 0 Å². The summed E-state index contributed by atoms with van der Waals surface area (Å²) < 4.78 is 0. The highest BCUT2D eigenvalue weighted by Crippen LogP contribution is 2.34. The Morgan fingerprint density at radius 1 is 1.43 bits per heavy atom. The number of nitrogens with two attached hydrogens (primary N) is 1. The molecule has 0 unspecified atom stereocenters. The van der Waals surface area contributed by atoms with E-state index < -0.39 is 0 Å². The zero-order valence-electron chi connectivity index (χ0n) is 7.16. The summed E-state index contributed by atoms with van der Waals surface area (Å²) in [7, 11) is 0. The summed E-state index contributed by atoms with van der Waals surface area (Å²) >= 11 is 5.92. The number of nitrogen functional groups attached to an aromatic ring is 1. The van der Waals surface area contributed by atoms with Crippen LogP contribution in [0.25, 0.3) is 11.3 Å². The van der Waals surface area contributed by atoms with E-state index in [9.17, 15) is 5.11 Å². The minimum atomic E-state index is 0.0983. The van der Waals surface area contributed by atoms with Gasteiger partial charge in [0.2, 0.25) is 0 Å². The number of imidazole rings is 1. The maximum atomic E-state index is 9.58. The van der Waals surface area contributed by atoms with Crippen LogP contribution in [0.4, 0.5) is 5.95 Å². The number of halogens is 1. The molecule has 1 aromatic carbocycles. The molecular formula is C9H8ClN3O. The van der Waals surface area contributed by atoms with Gasteiger partial charge in [0.25, 0.3) is 0 Å². The van der Waals surface area contributed by atoms with Crippen LogP contribution in [0.5, 0.6) is 5.75 Å². The summed E-state index contributed by atoms with van der Waals surface area (Å²) in [5.41, 5.74) is 6.54. The monoisotopic (exact) mass is 209 g/mol. The fraction of sp³-hybridized carbons (Fsp3) is 0. The molecule has 72 valence electrons. The summed E-state index contributed by atoms with van der Waals surface area (Å²) in [6.45, 7) is 0. The first-order valence-corrected chi connectivity index (χ1v) is 4.34. The number of H-pyrrole nitrogens is 1. The van der Waals surface area contributed by atoms with Gasteiger partial charge in [0.15, 0.2) is 5.95 Å². The van der Waals surface area contributed by atoms with Crippen molar-refractivity contribution in [2.45, 2.75) is 0 Å². The third kappa shape index (κ3) is 1.40. The van der Waals surface area contributed by atoms with Crippen molar-refractivity contribution in [3.63, 3.8) is 0 Å². The smallest absolute Gasteiger partial charge is 0.197 e. The molecule has 0 spiro atoms. The molecule has 4 N–H and O–H groups in total. The number of anilines is 1. The third-order valence-corrected chi connectivity index (χ3v) is 2.17. The Morgan fingerprint density at radius 3 is 2.79 bits per heavy atom. The molecule has 5 heteroatoms. The van der Waals surface area contributed by atoms with Gasteiger partial charge in [-0.3, -0.25) is 0 Å². The van der Waals surface area contributed by atoms with Crippen molar-refractivity contribution in [3.05, 3.63) is 29.4 Å². The van der Waals surface area contributed by atoms with E-state index in [-0.39, 0.29) is 5.75 Å². The Labute approximate surface area is 85.4 Å². The molecule has 1 aromatic heterocycles. The average molecular weight is 210 g/mol. The number of hydrogen-bond donors (Lipinski definition) is 3. The number of nitrogens with one attached hydrogen (secondary N) is 1. The first-order chi connectivity index (χ1) is 6.68. The summed E-state index contributed by atoms with van der Waals surface area (Å²) in [4.78, 5) is 6.62. The van der Waals surface area contributed by atoms with Gasteiger partial charge < -0.3 is 15.8 Å². The molecule has 0 atom stereocenters. The molecule has 0 fully saturated rings. The second kappa shape index (κ2) is 3.23. The van der Waals surface area contributed by atoms with E-state index in [4.69, 9.17) is 17.3 Å². The van der Waals surface area contributed by atoms with Gasteiger partial charge in [-0.1, -0.05) is 17.7 Å². The Balaban J connectivity index is 2.61. The highest BCUT2D eigenvalue weighted by molar-refractivity contribution is 6.33. The summed E-state index contributed by atoms with van der Waals surface area (Å²) in [5.74, 6) is 0.389. The van der Waals surface area contributed by atoms with Crippen LogP contribution in [0.1, 0.15) is 0 Å². The lowest BCUT2D eigenvalue weighted by Crippen LogP contribution is -1.86. The second-order valence-electron chi connectivity index (χ2n) is 2.82. The molecule has 0 radical (unpaired) electrons. The van der Waals surface area contributed by atoms with E-state index in [0.717, 1.165) is 0 Å². The standard InChI is InChI=1S/C9H8ClN3O/c10-5-2-1-3-7(14)8(5)6-4-12-9(11)13-6/h1-4,14H,(H3,11,12,13). The minimum Gasteiger partial charge on any atom is -0.507 e. The lowest BCUT2D eigenvalue weighted by molar-refractivity contribution is 0.477. The van der Waals surface area contributed by atoms with Crippen LogP contribution < -0.4 is 5.73 Å². The molecule has 0 bridgehead atoms. The highest BCUT2D eigenvalue weighted by atomic mass is 35.5. The van der Waals surface area contributed by atoms with Crippen molar-refractivity contribution in [1.29, 1.82) is 0 Å². The first-order valence-electron chi connectivity index (χ1n) is 3.97. The van der Waals surface area contributed by atoms with Crippen molar-refractivity contribution in [2.24, 2.45) is 0 Å². The molecule has 0 saturated heterocycles. The highest BCUT2D eigenvalue weighted by Gasteiger charge is 2.10. The fourth-order valence-corrected chi connectivity index (χ4v) is 1.51. The van der Waals surface area contributed by atoms with Gasteiger partial charge in [0.05, 0.1) is 22.5 Å². The number of nitrogens with zero attached hydrogens (tertiary/aromatic N) is 1. The number of aromatic amines is 1. The van der Waals surface area contributed by atoms with E-state index in [1.165, 1.54) is 6.20 Å². The predicted octanol–water partition coefficient (Wildman–Crippen LogP) is 2.02. The maximum Gasteiger partial charge on any atom is 0.197 e. The molecule has 14 heavy (non-hydrogen) atoms. The van der Waals surface area contributed by atoms with Gasteiger partial charge in [-0.15, -0.1) is 0 Å². The van der Waals surface area contributed by atoms with E-state index in [1.807, 2.05) is 0 Å². The van der Waals surface area contributed by atoms with Crippen LogP contribution in [0.15, 0.2) is 24.4 Å². The van der Waals surface area contributed by atoms with Gasteiger partial charge in [-0.2, -0.15) is 0 Å². The van der Waals surface area contributed by atoms with Gasteiger partial charge in [-0.05, 0) is 12.1 Å². The molecule has 2 rings (SSSR count). The summed E-state index contributed by atoms with van der Waals surface area (Å²) in [6, 6.07) is 4.91. The largest absolute Gasteiger partial charge is 0.507 e. The second-order valence-corrected chi connectivity index (χ2v) is 3.22. The quantitative estimate of drug-likeness (QED) is 0.673. The third-order valence-electron chi connectivity index (χ3n) is 1.86. The fourth-order valence-electron chi connectivity index (χ4n) is 1.24. The number of aromatic nitrogens is 2. The van der Waals surface area contributed by atoms with Crippen LogP contribution >= 0.6 is 11.6 Å². The lowest BCUT2D eigenvalue weighted by Gasteiger charge is -2.03. The molecule has 0 aliphatic carbocycles. The van der Waals surface area contributed by atoms with E-state index in [2.05, 4.69) is 9.97 Å².